The summed E-state index contributed by atoms with van der Waals surface area (Å²) in [5, 5.41) is 9.59. The predicted molar refractivity (Wildman–Crippen MR) is 134 cm³/mol. The van der Waals surface area contributed by atoms with Crippen molar-refractivity contribution in [3.05, 3.63) is 84.4 Å². The van der Waals surface area contributed by atoms with Gasteiger partial charge in [0.15, 0.2) is 5.11 Å². The van der Waals surface area contributed by atoms with E-state index in [2.05, 4.69) is 16.0 Å². The normalized spacial score (nSPS) is 10.2. The molecule has 0 atom stereocenters. The molecule has 164 valence electrons. The number of nitrogens with one attached hydrogen (secondary N) is 3. The molecule has 32 heavy (non-hydrogen) atoms. The highest BCUT2D eigenvalue weighted by atomic mass is 32.2. The molecule has 0 aromatic heterocycles. The van der Waals surface area contributed by atoms with E-state index < -0.39 is 0 Å². The van der Waals surface area contributed by atoms with Crippen molar-refractivity contribution in [2.45, 2.75) is 11.8 Å². The average molecular weight is 466 g/mol. The minimum Gasteiger partial charge on any atom is -0.462 e. The molecule has 0 aliphatic heterocycles. The molecule has 3 aromatic rings. The van der Waals surface area contributed by atoms with Gasteiger partial charge in [-0.3, -0.25) is 4.79 Å². The summed E-state index contributed by atoms with van der Waals surface area (Å²) in [5.74, 6) is -0.276. The van der Waals surface area contributed by atoms with Crippen LogP contribution in [-0.2, 0) is 9.53 Å². The van der Waals surface area contributed by atoms with E-state index in [9.17, 15) is 9.59 Å². The van der Waals surface area contributed by atoms with E-state index in [-0.39, 0.29) is 17.6 Å². The molecule has 1 amide bonds. The number of ether oxygens (including phenoxy) is 1. The van der Waals surface area contributed by atoms with Gasteiger partial charge in [0, 0.05) is 22.0 Å². The van der Waals surface area contributed by atoms with Gasteiger partial charge in [0.25, 0.3) is 0 Å². The molecule has 0 bridgehead atoms. The monoisotopic (exact) mass is 465 g/mol. The van der Waals surface area contributed by atoms with Gasteiger partial charge in [0.1, 0.15) is 0 Å². The molecule has 0 aliphatic rings. The van der Waals surface area contributed by atoms with Crippen LogP contribution in [0.2, 0.25) is 0 Å². The number of esters is 1. The van der Waals surface area contributed by atoms with Crippen molar-refractivity contribution in [2.24, 2.45) is 0 Å². The lowest BCUT2D eigenvalue weighted by atomic mass is 10.2. The van der Waals surface area contributed by atoms with Gasteiger partial charge in [-0.05, 0) is 73.7 Å². The lowest BCUT2D eigenvalue weighted by Crippen LogP contribution is -2.19. The van der Waals surface area contributed by atoms with Crippen LogP contribution in [-0.4, -0.2) is 29.3 Å². The summed E-state index contributed by atoms with van der Waals surface area (Å²) in [6.45, 7) is 2.08. The molecule has 0 saturated carbocycles. The molecular weight excluding hydrogens is 442 g/mol. The summed E-state index contributed by atoms with van der Waals surface area (Å²) in [6, 6.07) is 24.0. The Morgan fingerprint density at radius 1 is 0.844 bits per heavy atom. The number of hydrogen-bond donors (Lipinski definition) is 3. The first-order chi connectivity index (χ1) is 15.5. The van der Waals surface area contributed by atoms with E-state index in [1.807, 2.05) is 54.6 Å². The number of hydrogen-bond acceptors (Lipinski definition) is 5. The summed E-state index contributed by atoms with van der Waals surface area (Å²) in [5.41, 5.74) is 2.81. The van der Waals surface area contributed by atoms with E-state index >= 15 is 0 Å². The number of amides is 1. The Balaban J connectivity index is 1.48. The molecule has 0 fully saturated rings. The smallest absolute Gasteiger partial charge is 0.338 e. The van der Waals surface area contributed by atoms with Crippen molar-refractivity contribution < 1.29 is 14.3 Å². The van der Waals surface area contributed by atoms with E-state index in [0.29, 0.717) is 23.0 Å². The van der Waals surface area contributed by atoms with Crippen LogP contribution in [0.3, 0.4) is 0 Å². The van der Waals surface area contributed by atoms with E-state index in [0.717, 1.165) is 16.3 Å². The lowest BCUT2D eigenvalue weighted by molar-refractivity contribution is -0.113. The maximum absolute atomic E-state index is 12.3. The number of thiocarbonyl (C=S) groups is 1. The van der Waals surface area contributed by atoms with Gasteiger partial charge in [0.05, 0.1) is 17.9 Å². The number of rotatable bonds is 8. The summed E-state index contributed by atoms with van der Waals surface area (Å²) >= 11 is 6.78. The number of carbonyl (C=O) groups is 2. The number of carbonyl (C=O) groups excluding carboxylic acids is 2. The van der Waals surface area contributed by atoms with Crippen molar-refractivity contribution in [3.63, 3.8) is 0 Å². The number of thioether (sulfide) groups is 1. The quantitative estimate of drug-likeness (QED) is 0.233. The second kappa shape index (κ2) is 11.9. The lowest BCUT2D eigenvalue weighted by Gasteiger charge is -2.11. The Hall–Kier alpha value is -3.36. The number of anilines is 3. The molecule has 0 spiro atoms. The zero-order valence-corrected chi connectivity index (χ0v) is 19.1. The fraction of sp³-hybridized carbons (Fsp3) is 0.125. The van der Waals surface area contributed by atoms with Gasteiger partial charge in [-0.2, -0.15) is 0 Å². The third-order valence-corrected chi connectivity index (χ3v) is 5.37. The SMILES string of the molecule is CCOC(=O)c1ccc(NC(=O)CSc2cccc(NC(=S)Nc3ccccc3)c2)cc1. The number of benzene rings is 3. The summed E-state index contributed by atoms with van der Waals surface area (Å²) in [6.07, 6.45) is 0. The first-order valence-electron chi connectivity index (χ1n) is 9.96. The zero-order chi connectivity index (χ0) is 22.8. The van der Waals surface area contributed by atoms with Crippen molar-refractivity contribution in [1.82, 2.24) is 0 Å². The standard InChI is InChI=1S/C24H23N3O3S2/c1-2-30-23(29)17-11-13-19(14-12-17)25-22(28)16-32-21-10-6-9-20(15-21)27-24(31)26-18-7-4-3-5-8-18/h3-15H,2,16H2,1H3,(H,25,28)(H2,26,27,31). The maximum Gasteiger partial charge on any atom is 0.338 e. The molecular formula is C24H23N3O3S2. The summed E-state index contributed by atoms with van der Waals surface area (Å²) < 4.78 is 4.95. The molecule has 0 aliphatic carbocycles. The summed E-state index contributed by atoms with van der Waals surface area (Å²) in [7, 11) is 0. The molecule has 3 aromatic carbocycles. The van der Waals surface area contributed by atoms with Gasteiger partial charge in [-0.1, -0.05) is 24.3 Å². The van der Waals surface area contributed by atoms with E-state index in [1.165, 1.54) is 11.8 Å². The Labute approximate surface area is 196 Å². The van der Waals surface area contributed by atoms with Gasteiger partial charge >= 0.3 is 5.97 Å². The fourth-order valence-electron chi connectivity index (χ4n) is 2.73. The van der Waals surface area contributed by atoms with Crippen molar-refractivity contribution >= 4 is 58.0 Å². The molecule has 6 nitrogen and oxygen atoms in total. The predicted octanol–water partition coefficient (Wildman–Crippen LogP) is 5.40. The highest BCUT2D eigenvalue weighted by molar-refractivity contribution is 8.00. The highest BCUT2D eigenvalue weighted by Crippen LogP contribution is 2.22. The van der Waals surface area contributed by atoms with Crippen molar-refractivity contribution in [2.75, 3.05) is 28.3 Å². The van der Waals surface area contributed by atoms with Crippen LogP contribution in [0.25, 0.3) is 0 Å². The Bertz CT molecular complexity index is 1070. The van der Waals surface area contributed by atoms with Crippen LogP contribution in [0.4, 0.5) is 17.1 Å². The fourth-order valence-corrected chi connectivity index (χ4v) is 3.72. The Morgan fingerprint density at radius 2 is 1.50 bits per heavy atom. The summed E-state index contributed by atoms with van der Waals surface area (Å²) in [4.78, 5) is 24.9. The average Bonchev–Trinajstić information content (AvgIpc) is 2.79. The van der Waals surface area contributed by atoms with Gasteiger partial charge < -0.3 is 20.7 Å². The van der Waals surface area contributed by atoms with Gasteiger partial charge in [-0.25, -0.2) is 4.79 Å². The molecule has 0 heterocycles. The van der Waals surface area contributed by atoms with Crippen LogP contribution in [0, 0.1) is 0 Å². The van der Waals surface area contributed by atoms with Crippen LogP contribution < -0.4 is 16.0 Å². The Morgan fingerprint density at radius 3 is 2.22 bits per heavy atom. The van der Waals surface area contributed by atoms with Gasteiger partial charge in [0.2, 0.25) is 5.91 Å². The van der Waals surface area contributed by atoms with Crippen LogP contribution >= 0.6 is 24.0 Å². The maximum atomic E-state index is 12.3. The third-order valence-electron chi connectivity index (χ3n) is 4.17. The minimum absolute atomic E-state index is 0.140. The van der Waals surface area contributed by atoms with Gasteiger partial charge in [-0.15, -0.1) is 11.8 Å². The van der Waals surface area contributed by atoms with Crippen LogP contribution in [0.1, 0.15) is 17.3 Å². The molecule has 3 N–H and O–H groups in total. The topological polar surface area (TPSA) is 79.5 Å². The first-order valence-corrected chi connectivity index (χ1v) is 11.4. The molecule has 0 radical (unpaired) electrons. The molecule has 0 saturated heterocycles. The van der Waals surface area contributed by atoms with Crippen molar-refractivity contribution in [1.29, 1.82) is 0 Å². The number of para-hydroxylation sites is 1. The largest absolute Gasteiger partial charge is 0.462 e. The Kier molecular flexibility index (Phi) is 8.65. The third kappa shape index (κ3) is 7.40. The molecule has 8 heteroatoms. The first kappa shape index (κ1) is 23.3. The molecule has 0 unspecified atom stereocenters. The van der Waals surface area contributed by atoms with Crippen molar-refractivity contribution in [3.8, 4) is 0 Å². The minimum atomic E-state index is -0.382. The van der Waals surface area contributed by atoms with Crippen LogP contribution in [0.5, 0.6) is 0 Å². The van der Waals surface area contributed by atoms with E-state index in [1.54, 1.807) is 31.2 Å². The van der Waals surface area contributed by atoms with Crippen LogP contribution in [0.15, 0.2) is 83.8 Å². The molecule has 3 rings (SSSR count). The van der Waals surface area contributed by atoms with E-state index in [4.69, 9.17) is 17.0 Å². The zero-order valence-electron chi connectivity index (χ0n) is 17.5. The highest BCUT2D eigenvalue weighted by Gasteiger charge is 2.08. The second-order valence-corrected chi connectivity index (χ2v) is 8.06. The second-order valence-electron chi connectivity index (χ2n) is 6.61.